The lowest BCUT2D eigenvalue weighted by atomic mass is 9.92. The van der Waals surface area contributed by atoms with Crippen molar-refractivity contribution >= 4 is 32.6 Å². The van der Waals surface area contributed by atoms with Gasteiger partial charge in [-0.05, 0) is 74.4 Å². The largest absolute Gasteiger partial charge is 0.309 e. The molecule has 276 valence electrons. The Bertz CT molecular complexity index is 3670. The van der Waals surface area contributed by atoms with Crippen LogP contribution in [0.25, 0.3) is 106 Å². The molecule has 0 aliphatic rings. The predicted octanol–water partition coefficient (Wildman–Crippen LogP) is 14.7. The number of aromatic nitrogens is 3. The minimum absolute atomic E-state index is 0.0527. The molecule has 3 nitrogen and oxygen atoms in total. The van der Waals surface area contributed by atoms with Crippen molar-refractivity contribution in [3.8, 4) is 73.0 Å². The van der Waals surface area contributed by atoms with Gasteiger partial charge in [0.2, 0.25) is 0 Å². The molecule has 59 heavy (non-hydrogen) atoms. The summed E-state index contributed by atoms with van der Waals surface area (Å²) < 4.78 is 70.2. The zero-order valence-corrected chi connectivity index (χ0v) is 31.6. The minimum atomic E-state index is -0.467. The molecule has 3 heteroatoms. The molecule has 0 unspecified atom stereocenters. The second kappa shape index (κ2) is 14.6. The van der Waals surface area contributed by atoms with E-state index in [1.54, 1.807) is 12.1 Å². The highest BCUT2D eigenvalue weighted by molar-refractivity contribution is 6.09. The molecule has 0 aliphatic carbocycles. The standard InChI is InChI=1S/C56H37N3/c1-3-13-38(14-4-1)39-25-29-43(30-26-39)52-37-53(58-56(57-52)44-15-5-2-6-16-44)49-36-35-46(47-17-7-8-18-48(47)49)42-27-23-40(24-28-42)41-31-33-45(34-32-41)59-54-21-11-9-19-50(54)51-20-10-12-22-55(51)59/h1-37H/i9D,10D,11D,12D,19D,20D,21D,22D. The molecule has 0 fully saturated rings. The molecule has 0 bridgehead atoms. The number of hydrogen-bond acceptors (Lipinski definition) is 2. The number of benzene rings is 9. The molecule has 0 saturated heterocycles. The van der Waals surface area contributed by atoms with Crippen LogP contribution in [0.3, 0.4) is 0 Å². The molecule has 9 aromatic carbocycles. The number of rotatable bonds is 7. The first-order valence-corrected chi connectivity index (χ1v) is 19.4. The van der Waals surface area contributed by atoms with Gasteiger partial charge in [0.15, 0.2) is 5.82 Å². The number of nitrogens with zero attached hydrogens (tertiary/aromatic N) is 3. The van der Waals surface area contributed by atoms with Gasteiger partial charge < -0.3 is 4.57 Å². The topological polar surface area (TPSA) is 30.7 Å². The Labute approximate surface area is 354 Å². The fourth-order valence-electron chi connectivity index (χ4n) is 8.01. The van der Waals surface area contributed by atoms with Gasteiger partial charge in [-0.25, -0.2) is 9.97 Å². The summed E-state index contributed by atoms with van der Waals surface area (Å²) in [6.07, 6.45) is 0. The van der Waals surface area contributed by atoms with Crippen LogP contribution in [0.5, 0.6) is 0 Å². The maximum atomic E-state index is 8.85. The third-order valence-corrected chi connectivity index (χ3v) is 10.9. The summed E-state index contributed by atoms with van der Waals surface area (Å²) in [6, 6.07) is 56.2. The average Bonchev–Trinajstić information content (AvgIpc) is 3.75. The molecule has 0 N–H and O–H groups in total. The Morgan fingerprint density at radius 1 is 0.339 bits per heavy atom. The van der Waals surface area contributed by atoms with E-state index in [1.165, 1.54) is 4.57 Å². The van der Waals surface area contributed by atoms with E-state index in [4.69, 9.17) is 20.9 Å². The first-order chi connectivity index (χ1) is 32.6. The molecule has 2 aromatic heterocycles. The lowest BCUT2D eigenvalue weighted by molar-refractivity contribution is 1.18. The van der Waals surface area contributed by atoms with Crippen LogP contribution in [-0.2, 0) is 0 Å². The van der Waals surface area contributed by atoms with Crippen molar-refractivity contribution in [2.45, 2.75) is 0 Å². The van der Waals surface area contributed by atoms with Crippen molar-refractivity contribution in [1.29, 1.82) is 0 Å². The zero-order valence-electron chi connectivity index (χ0n) is 39.6. The van der Waals surface area contributed by atoms with E-state index in [1.807, 2.05) is 66.7 Å². The highest BCUT2D eigenvalue weighted by atomic mass is 15.0. The fourth-order valence-corrected chi connectivity index (χ4v) is 8.01. The molecule has 11 rings (SSSR count). The van der Waals surface area contributed by atoms with Gasteiger partial charge in [0.25, 0.3) is 0 Å². The van der Waals surface area contributed by atoms with E-state index < -0.39 is 24.2 Å². The second-order valence-electron chi connectivity index (χ2n) is 14.4. The van der Waals surface area contributed by atoms with Gasteiger partial charge in [0.1, 0.15) is 0 Å². The van der Waals surface area contributed by atoms with E-state index in [9.17, 15) is 0 Å². The molecule has 2 heterocycles. The molecule has 0 aliphatic heterocycles. The molecular formula is C56H37N3. The van der Waals surface area contributed by atoms with Crippen LogP contribution >= 0.6 is 0 Å². The van der Waals surface area contributed by atoms with Gasteiger partial charge in [-0.1, -0.05) is 194 Å². The summed E-state index contributed by atoms with van der Waals surface area (Å²) in [4.78, 5) is 10.2. The van der Waals surface area contributed by atoms with Crippen LogP contribution in [0, 0.1) is 0 Å². The summed E-state index contributed by atoms with van der Waals surface area (Å²) in [5.74, 6) is 0.646. The number of hydrogen-bond donors (Lipinski definition) is 0. The molecule has 0 atom stereocenters. The Hall–Kier alpha value is -7.88. The highest BCUT2D eigenvalue weighted by Crippen LogP contribution is 2.38. The monoisotopic (exact) mass is 759 g/mol. The average molecular weight is 760 g/mol. The van der Waals surface area contributed by atoms with Gasteiger partial charge in [0, 0.05) is 33.2 Å². The molecule has 0 spiro atoms. The smallest absolute Gasteiger partial charge is 0.160 e. The minimum Gasteiger partial charge on any atom is -0.309 e. The van der Waals surface area contributed by atoms with E-state index in [-0.39, 0.29) is 46.0 Å². The lowest BCUT2D eigenvalue weighted by Crippen LogP contribution is -1.97. The first-order valence-electron chi connectivity index (χ1n) is 23.4. The van der Waals surface area contributed by atoms with Gasteiger partial charge >= 0.3 is 0 Å². The van der Waals surface area contributed by atoms with E-state index >= 15 is 0 Å². The van der Waals surface area contributed by atoms with Gasteiger partial charge in [-0.15, -0.1) is 0 Å². The Balaban J connectivity index is 0.956. The molecule has 11 aromatic rings. The van der Waals surface area contributed by atoms with Crippen LogP contribution in [0.2, 0.25) is 0 Å². The van der Waals surface area contributed by atoms with Crippen LogP contribution < -0.4 is 0 Å². The molecule has 0 radical (unpaired) electrons. The number of fused-ring (bicyclic) bond motifs is 4. The third-order valence-electron chi connectivity index (χ3n) is 10.9. The van der Waals surface area contributed by atoms with Crippen molar-refractivity contribution in [2.75, 3.05) is 0 Å². The van der Waals surface area contributed by atoms with E-state index in [0.29, 0.717) is 11.5 Å². The Morgan fingerprint density at radius 2 is 0.780 bits per heavy atom. The molecular weight excluding hydrogens is 715 g/mol. The van der Waals surface area contributed by atoms with Crippen molar-refractivity contribution in [3.05, 3.63) is 224 Å². The molecule has 0 amide bonds. The third kappa shape index (κ3) is 6.26. The molecule has 0 saturated carbocycles. The van der Waals surface area contributed by atoms with Crippen LogP contribution in [0.1, 0.15) is 11.0 Å². The van der Waals surface area contributed by atoms with Crippen molar-refractivity contribution < 1.29 is 11.0 Å². The van der Waals surface area contributed by atoms with Gasteiger partial charge in [-0.3, -0.25) is 0 Å². The summed E-state index contributed by atoms with van der Waals surface area (Å²) in [5.41, 5.74) is 11.5. The maximum Gasteiger partial charge on any atom is 0.160 e. The number of para-hydroxylation sites is 2. The van der Waals surface area contributed by atoms with Crippen LogP contribution in [0.4, 0.5) is 0 Å². The maximum absolute atomic E-state index is 8.85. The fraction of sp³-hybridized carbons (Fsp3) is 0. The summed E-state index contributed by atoms with van der Waals surface area (Å²) in [5, 5.41) is 2.24. The quantitative estimate of drug-likeness (QED) is 0.162. The van der Waals surface area contributed by atoms with Crippen molar-refractivity contribution in [2.24, 2.45) is 0 Å². The second-order valence-corrected chi connectivity index (χ2v) is 14.4. The SMILES string of the molecule is [2H]c1c([2H])c([2H])c2c(c1[2H])c1c([2H])c([2H])c([2H])c([2H])c1n2-c1ccc(-c2ccc(-c3ccc(-c4cc(-c5ccc(-c6ccccc6)cc5)nc(-c5ccccc5)n4)c4ccccc34)cc2)cc1. The summed E-state index contributed by atoms with van der Waals surface area (Å²) in [7, 11) is 0. The van der Waals surface area contributed by atoms with Crippen molar-refractivity contribution in [3.63, 3.8) is 0 Å². The van der Waals surface area contributed by atoms with E-state index in [2.05, 4.69) is 97.1 Å². The Kier molecular flexibility index (Phi) is 6.64. The van der Waals surface area contributed by atoms with Crippen molar-refractivity contribution in [1.82, 2.24) is 14.5 Å². The van der Waals surface area contributed by atoms with Gasteiger partial charge in [-0.2, -0.15) is 0 Å². The Morgan fingerprint density at radius 3 is 1.39 bits per heavy atom. The summed E-state index contributed by atoms with van der Waals surface area (Å²) in [6.45, 7) is 0. The highest BCUT2D eigenvalue weighted by Gasteiger charge is 2.16. The van der Waals surface area contributed by atoms with Crippen LogP contribution in [-0.4, -0.2) is 14.5 Å². The predicted molar refractivity (Wildman–Crippen MR) is 246 cm³/mol. The lowest BCUT2D eigenvalue weighted by Gasteiger charge is -2.14. The van der Waals surface area contributed by atoms with E-state index in [0.717, 1.165) is 72.2 Å². The first kappa shape index (κ1) is 26.9. The summed E-state index contributed by atoms with van der Waals surface area (Å²) >= 11 is 0. The normalized spacial score (nSPS) is 13.3. The van der Waals surface area contributed by atoms with Crippen LogP contribution in [0.15, 0.2) is 224 Å². The zero-order chi connectivity index (χ0) is 46.1. The van der Waals surface area contributed by atoms with Gasteiger partial charge in [0.05, 0.1) is 33.4 Å².